The van der Waals surface area contributed by atoms with E-state index >= 15 is 0 Å². The van der Waals surface area contributed by atoms with Crippen LogP contribution in [0.25, 0.3) is 99.1 Å². The molecule has 67 heavy (non-hydrogen) atoms. The Balaban J connectivity index is 0.941. The predicted molar refractivity (Wildman–Crippen MR) is 284 cm³/mol. The molecule has 314 valence electrons. The van der Waals surface area contributed by atoms with Crippen LogP contribution in [-0.2, 0) is 0 Å². The molecule has 13 rings (SSSR count). The van der Waals surface area contributed by atoms with Gasteiger partial charge in [-0.1, -0.05) is 176 Å². The summed E-state index contributed by atoms with van der Waals surface area (Å²) in [6.07, 6.45) is 0. The minimum absolute atomic E-state index is 1.07. The molecule has 2 aromatic heterocycles. The molecule has 0 saturated carbocycles. The van der Waals surface area contributed by atoms with Gasteiger partial charge in [0.05, 0.1) is 22.1 Å². The highest BCUT2D eigenvalue weighted by Crippen LogP contribution is 2.42. The molecule has 3 heteroatoms. The van der Waals surface area contributed by atoms with Gasteiger partial charge < -0.3 is 14.0 Å². The molecule has 0 bridgehead atoms. The van der Waals surface area contributed by atoms with Gasteiger partial charge in [-0.05, 0) is 129 Å². The molecule has 0 aliphatic rings. The molecular weight excluding hydrogens is 811 g/mol. The Morgan fingerprint density at radius 3 is 1.15 bits per heavy atom. The van der Waals surface area contributed by atoms with E-state index in [1.165, 1.54) is 87.8 Å². The van der Waals surface area contributed by atoms with Gasteiger partial charge in [0.2, 0.25) is 0 Å². The maximum atomic E-state index is 2.41. The maximum absolute atomic E-state index is 2.41. The molecule has 13 aromatic rings. The first-order valence-corrected chi connectivity index (χ1v) is 23.0. The number of benzene rings is 11. The summed E-state index contributed by atoms with van der Waals surface area (Å²) in [5, 5.41) is 7.49. The third kappa shape index (κ3) is 6.51. The number of para-hydroxylation sites is 3. The van der Waals surface area contributed by atoms with Crippen LogP contribution in [0, 0.1) is 0 Å². The van der Waals surface area contributed by atoms with Crippen LogP contribution in [0.3, 0.4) is 0 Å². The molecule has 0 fully saturated rings. The number of hydrogen-bond acceptors (Lipinski definition) is 1. The van der Waals surface area contributed by atoms with E-state index in [2.05, 4.69) is 275 Å². The molecule has 0 aliphatic heterocycles. The van der Waals surface area contributed by atoms with E-state index < -0.39 is 0 Å². The first kappa shape index (κ1) is 38.5. The van der Waals surface area contributed by atoms with Crippen molar-refractivity contribution in [2.75, 3.05) is 4.90 Å². The van der Waals surface area contributed by atoms with Gasteiger partial charge in [-0.25, -0.2) is 0 Å². The van der Waals surface area contributed by atoms with Crippen LogP contribution >= 0.6 is 0 Å². The van der Waals surface area contributed by atoms with E-state index in [0.29, 0.717) is 0 Å². The molecule has 0 saturated heterocycles. The van der Waals surface area contributed by atoms with Crippen molar-refractivity contribution in [3.8, 4) is 44.8 Å². The lowest BCUT2D eigenvalue weighted by atomic mass is 9.91. The van der Waals surface area contributed by atoms with Gasteiger partial charge in [0.25, 0.3) is 0 Å². The summed E-state index contributed by atoms with van der Waals surface area (Å²) in [7, 11) is 0. The van der Waals surface area contributed by atoms with Crippen molar-refractivity contribution in [3.63, 3.8) is 0 Å². The minimum Gasteiger partial charge on any atom is -0.311 e. The van der Waals surface area contributed by atoms with E-state index in [1.54, 1.807) is 0 Å². The van der Waals surface area contributed by atoms with Crippen molar-refractivity contribution >= 4 is 71.4 Å². The van der Waals surface area contributed by atoms with Crippen LogP contribution in [0.5, 0.6) is 0 Å². The van der Waals surface area contributed by atoms with Gasteiger partial charge in [-0.2, -0.15) is 0 Å². The molecular formula is C64H43N3. The van der Waals surface area contributed by atoms with Crippen molar-refractivity contribution in [3.05, 3.63) is 261 Å². The fourth-order valence-corrected chi connectivity index (χ4v) is 10.4. The Bertz CT molecular complexity index is 3880. The van der Waals surface area contributed by atoms with Crippen molar-refractivity contribution in [1.29, 1.82) is 0 Å². The Labute approximate surface area is 389 Å². The SMILES string of the molecule is c1ccc(-c2ccc3c4ccccc4n(-c4ccc(N(c5ccc(-c6cccc7cccc(-c8ccccc8)c67)cc5)c5ccc(-n6c7ccccc7c7ccccc76)cc5)cc4)c3c2)cc1. The van der Waals surface area contributed by atoms with Gasteiger partial charge in [-0.3, -0.25) is 0 Å². The zero-order valence-electron chi connectivity index (χ0n) is 36.7. The Morgan fingerprint density at radius 2 is 0.642 bits per heavy atom. The van der Waals surface area contributed by atoms with Gasteiger partial charge in [0.1, 0.15) is 0 Å². The highest BCUT2D eigenvalue weighted by atomic mass is 15.1. The van der Waals surface area contributed by atoms with Crippen LogP contribution in [0.4, 0.5) is 17.1 Å². The van der Waals surface area contributed by atoms with Crippen LogP contribution < -0.4 is 4.90 Å². The second kappa shape index (κ2) is 16.0. The standard InChI is InChI=1S/C64H43N3/c1-3-15-44(16-4-1)48-31-42-59-58-23-9-12-28-62(58)67(63(59)43-48)53-40-36-51(37-41-53)65(50-34-38-52(39-35-50)66-60-26-10-7-21-56(60)57-22-8-11-27-61(57)66)49-32-29-46(30-33-49)55-25-14-20-47-19-13-24-54(64(47)55)45-17-5-2-6-18-45/h1-43H. The summed E-state index contributed by atoms with van der Waals surface area (Å²) in [4.78, 5) is 2.38. The summed E-state index contributed by atoms with van der Waals surface area (Å²) >= 11 is 0. The molecule has 0 atom stereocenters. The molecule has 0 aliphatic carbocycles. The summed E-state index contributed by atoms with van der Waals surface area (Å²) in [5.41, 5.74) is 17.5. The summed E-state index contributed by atoms with van der Waals surface area (Å²) in [6.45, 7) is 0. The van der Waals surface area contributed by atoms with Gasteiger partial charge in [0, 0.05) is 50.0 Å². The van der Waals surface area contributed by atoms with E-state index in [0.717, 1.165) is 28.4 Å². The number of rotatable bonds is 8. The second-order valence-electron chi connectivity index (χ2n) is 17.3. The van der Waals surface area contributed by atoms with Crippen LogP contribution in [-0.4, -0.2) is 9.13 Å². The highest BCUT2D eigenvalue weighted by Gasteiger charge is 2.19. The average Bonchev–Trinajstić information content (AvgIpc) is 3.92. The number of anilines is 3. The maximum Gasteiger partial charge on any atom is 0.0547 e. The number of aromatic nitrogens is 2. The normalized spacial score (nSPS) is 11.6. The molecule has 11 aromatic carbocycles. The Morgan fingerprint density at radius 1 is 0.254 bits per heavy atom. The van der Waals surface area contributed by atoms with E-state index in [4.69, 9.17) is 0 Å². The molecule has 0 N–H and O–H groups in total. The largest absolute Gasteiger partial charge is 0.311 e. The highest BCUT2D eigenvalue weighted by molar-refractivity contribution is 6.11. The first-order valence-electron chi connectivity index (χ1n) is 23.0. The third-order valence-electron chi connectivity index (χ3n) is 13.5. The lowest BCUT2D eigenvalue weighted by Gasteiger charge is -2.26. The second-order valence-corrected chi connectivity index (χ2v) is 17.3. The summed E-state index contributed by atoms with van der Waals surface area (Å²) < 4.78 is 4.79. The number of hydrogen-bond donors (Lipinski definition) is 0. The molecule has 3 nitrogen and oxygen atoms in total. The third-order valence-corrected chi connectivity index (χ3v) is 13.5. The average molecular weight is 854 g/mol. The van der Waals surface area contributed by atoms with Crippen molar-refractivity contribution < 1.29 is 0 Å². The van der Waals surface area contributed by atoms with Crippen LogP contribution in [0.2, 0.25) is 0 Å². The van der Waals surface area contributed by atoms with Crippen LogP contribution in [0.1, 0.15) is 0 Å². The van der Waals surface area contributed by atoms with Gasteiger partial charge >= 0.3 is 0 Å². The van der Waals surface area contributed by atoms with Crippen LogP contribution in [0.15, 0.2) is 261 Å². The Kier molecular flexibility index (Phi) is 9.17. The smallest absolute Gasteiger partial charge is 0.0547 e. The topological polar surface area (TPSA) is 13.1 Å². The van der Waals surface area contributed by atoms with E-state index in [1.807, 2.05) is 0 Å². The van der Waals surface area contributed by atoms with Crippen molar-refractivity contribution in [2.24, 2.45) is 0 Å². The molecule has 0 unspecified atom stereocenters. The predicted octanol–water partition coefficient (Wildman–Crippen LogP) is 17.5. The first-order chi connectivity index (χ1) is 33.2. The minimum atomic E-state index is 1.07. The fourth-order valence-electron chi connectivity index (χ4n) is 10.4. The monoisotopic (exact) mass is 853 g/mol. The van der Waals surface area contributed by atoms with Gasteiger partial charge in [0.15, 0.2) is 0 Å². The van der Waals surface area contributed by atoms with E-state index in [9.17, 15) is 0 Å². The number of nitrogens with zero attached hydrogens (tertiary/aromatic N) is 3. The summed E-state index contributed by atoms with van der Waals surface area (Å²) in [6, 6.07) is 94.9. The van der Waals surface area contributed by atoms with E-state index in [-0.39, 0.29) is 0 Å². The number of fused-ring (bicyclic) bond motifs is 7. The zero-order chi connectivity index (χ0) is 44.3. The Hall–Kier alpha value is -8.92. The quantitative estimate of drug-likeness (QED) is 0.148. The lowest BCUT2D eigenvalue weighted by Crippen LogP contribution is -2.10. The molecule has 2 heterocycles. The van der Waals surface area contributed by atoms with Crippen molar-refractivity contribution in [1.82, 2.24) is 9.13 Å². The fraction of sp³-hybridized carbons (Fsp3) is 0. The van der Waals surface area contributed by atoms with Gasteiger partial charge in [-0.15, -0.1) is 0 Å². The molecule has 0 amide bonds. The molecule has 0 radical (unpaired) electrons. The zero-order valence-corrected chi connectivity index (χ0v) is 36.7. The lowest BCUT2D eigenvalue weighted by molar-refractivity contribution is 1.17. The summed E-state index contributed by atoms with van der Waals surface area (Å²) in [5.74, 6) is 0. The van der Waals surface area contributed by atoms with Crippen molar-refractivity contribution in [2.45, 2.75) is 0 Å². The molecule has 0 spiro atoms.